The van der Waals surface area contributed by atoms with Crippen LogP contribution in [-0.4, -0.2) is 67.1 Å². The van der Waals surface area contributed by atoms with Crippen molar-refractivity contribution in [2.75, 3.05) is 56.2 Å². The fourth-order valence-electron chi connectivity index (χ4n) is 3.11. The van der Waals surface area contributed by atoms with Crippen LogP contribution in [-0.2, 0) is 4.74 Å². The zero-order valence-corrected chi connectivity index (χ0v) is 16.2. The van der Waals surface area contributed by atoms with E-state index in [1.807, 2.05) is 37.3 Å². The van der Waals surface area contributed by atoms with E-state index in [-0.39, 0.29) is 0 Å². The third-order valence-corrected chi connectivity index (χ3v) is 4.53. The number of hydrogen-bond acceptors (Lipinski definition) is 7. The van der Waals surface area contributed by atoms with Gasteiger partial charge >= 0.3 is 6.09 Å². The van der Waals surface area contributed by atoms with Gasteiger partial charge in [-0.05, 0) is 37.6 Å². The lowest BCUT2D eigenvalue weighted by atomic mass is 10.3. The Labute approximate surface area is 165 Å². The summed E-state index contributed by atoms with van der Waals surface area (Å²) in [6.07, 6.45) is 2.02. The molecule has 8 nitrogen and oxygen atoms in total. The van der Waals surface area contributed by atoms with Gasteiger partial charge in [-0.15, -0.1) is 5.10 Å². The van der Waals surface area contributed by atoms with Crippen molar-refractivity contribution in [1.82, 2.24) is 15.1 Å². The number of anilines is 2. The van der Waals surface area contributed by atoms with Gasteiger partial charge in [0.25, 0.3) is 0 Å². The fraction of sp³-hybridized carbons (Fsp3) is 0.450. The molecule has 1 amide bonds. The Kier molecular flexibility index (Phi) is 7.43. The maximum atomic E-state index is 12.0. The molecule has 0 bridgehead atoms. The van der Waals surface area contributed by atoms with Gasteiger partial charge in [0.2, 0.25) is 0 Å². The van der Waals surface area contributed by atoms with Crippen molar-refractivity contribution in [3.8, 4) is 5.75 Å². The van der Waals surface area contributed by atoms with Crippen LogP contribution in [0, 0.1) is 0 Å². The second-order valence-electron chi connectivity index (χ2n) is 6.45. The van der Waals surface area contributed by atoms with Crippen molar-refractivity contribution in [3.05, 3.63) is 42.6 Å². The van der Waals surface area contributed by atoms with E-state index in [9.17, 15) is 4.79 Å². The van der Waals surface area contributed by atoms with Crippen molar-refractivity contribution < 1.29 is 14.3 Å². The van der Waals surface area contributed by atoms with Gasteiger partial charge in [0.15, 0.2) is 5.82 Å². The number of hydrogen-bond donors (Lipinski definition) is 1. The summed E-state index contributed by atoms with van der Waals surface area (Å²) in [6, 6.07) is 11.2. The summed E-state index contributed by atoms with van der Waals surface area (Å²) in [5.41, 5.74) is 0.620. The number of para-hydroxylation sites is 2. The lowest BCUT2D eigenvalue weighted by Crippen LogP contribution is -2.47. The summed E-state index contributed by atoms with van der Waals surface area (Å²) in [7, 11) is 0. The molecule has 0 radical (unpaired) electrons. The van der Waals surface area contributed by atoms with Crippen LogP contribution in [0.2, 0.25) is 0 Å². The molecule has 1 fully saturated rings. The molecule has 0 atom stereocenters. The molecule has 3 rings (SSSR count). The van der Waals surface area contributed by atoms with Crippen molar-refractivity contribution in [2.45, 2.75) is 13.3 Å². The molecule has 0 spiro atoms. The fourth-order valence-corrected chi connectivity index (χ4v) is 3.11. The van der Waals surface area contributed by atoms with Crippen molar-refractivity contribution in [3.63, 3.8) is 0 Å². The number of carbonyl (C=O) groups excluding carboxylic acids is 1. The third kappa shape index (κ3) is 5.82. The molecule has 28 heavy (non-hydrogen) atoms. The lowest BCUT2D eigenvalue weighted by Gasteiger charge is -2.35. The molecular weight excluding hydrogens is 358 g/mol. The molecule has 0 saturated carbocycles. The van der Waals surface area contributed by atoms with Gasteiger partial charge in [0.05, 0.1) is 18.9 Å². The predicted octanol–water partition coefficient (Wildman–Crippen LogP) is 2.64. The number of amides is 1. The Hall–Kier alpha value is -2.87. The summed E-state index contributed by atoms with van der Waals surface area (Å²) >= 11 is 0. The minimum absolute atomic E-state index is 0.382. The van der Waals surface area contributed by atoms with E-state index in [4.69, 9.17) is 9.47 Å². The van der Waals surface area contributed by atoms with Gasteiger partial charge in [-0.25, -0.2) is 4.79 Å². The van der Waals surface area contributed by atoms with Gasteiger partial charge in [0.1, 0.15) is 5.75 Å². The highest BCUT2D eigenvalue weighted by Gasteiger charge is 2.17. The number of aromatic nitrogens is 2. The minimum atomic E-state index is -0.459. The normalized spacial score (nSPS) is 14.5. The smallest absolute Gasteiger partial charge is 0.411 e. The minimum Gasteiger partial charge on any atom is -0.492 e. The molecule has 1 aromatic heterocycles. The van der Waals surface area contributed by atoms with E-state index >= 15 is 0 Å². The molecular formula is C20H27N5O3. The van der Waals surface area contributed by atoms with E-state index in [0.29, 0.717) is 24.7 Å². The van der Waals surface area contributed by atoms with E-state index in [1.165, 1.54) is 0 Å². The highest BCUT2D eigenvalue weighted by Crippen LogP contribution is 2.23. The van der Waals surface area contributed by atoms with Crippen LogP contribution in [0.25, 0.3) is 0 Å². The van der Waals surface area contributed by atoms with Crippen molar-refractivity contribution in [1.29, 1.82) is 0 Å². The number of nitrogens with one attached hydrogen (secondary N) is 1. The standard InChI is InChI=1S/C20H27N5O3/c1-2-27-18-8-4-3-7-17(18)22-20(26)28-16-6-11-24-12-14-25(15-13-24)19-9-5-10-21-23-19/h3-5,7-10H,2,6,11-16H2,1H3,(H,22,26). The molecule has 150 valence electrons. The van der Waals surface area contributed by atoms with Gasteiger partial charge < -0.3 is 14.4 Å². The average molecular weight is 385 g/mol. The summed E-state index contributed by atoms with van der Waals surface area (Å²) in [6.45, 7) is 7.50. The largest absolute Gasteiger partial charge is 0.492 e. The Morgan fingerprint density at radius 1 is 1.14 bits per heavy atom. The summed E-state index contributed by atoms with van der Waals surface area (Å²) in [5.74, 6) is 1.57. The zero-order valence-electron chi connectivity index (χ0n) is 16.2. The first-order valence-corrected chi connectivity index (χ1v) is 9.67. The van der Waals surface area contributed by atoms with Crippen LogP contribution in [0.4, 0.5) is 16.3 Å². The van der Waals surface area contributed by atoms with E-state index in [2.05, 4.69) is 25.3 Å². The van der Waals surface area contributed by atoms with Gasteiger partial charge in [-0.3, -0.25) is 10.2 Å². The average Bonchev–Trinajstić information content (AvgIpc) is 2.74. The summed E-state index contributed by atoms with van der Waals surface area (Å²) < 4.78 is 10.8. The number of rotatable bonds is 8. The van der Waals surface area contributed by atoms with E-state index < -0.39 is 6.09 Å². The van der Waals surface area contributed by atoms with Crippen LogP contribution < -0.4 is 15.0 Å². The molecule has 2 heterocycles. The first-order valence-electron chi connectivity index (χ1n) is 9.67. The first kappa shape index (κ1) is 19.9. The molecule has 1 N–H and O–H groups in total. The van der Waals surface area contributed by atoms with Crippen LogP contribution in [0.5, 0.6) is 5.75 Å². The zero-order chi connectivity index (χ0) is 19.6. The monoisotopic (exact) mass is 385 g/mol. The summed E-state index contributed by atoms with van der Waals surface area (Å²) in [4.78, 5) is 16.6. The van der Waals surface area contributed by atoms with Crippen molar-refractivity contribution >= 4 is 17.6 Å². The highest BCUT2D eigenvalue weighted by atomic mass is 16.5. The first-order chi connectivity index (χ1) is 13.8. The molecule has 0 unspecified atom stereocenters. The van der Waals surface area contributed by atoms with Crippen LogP contribution in [0.15, 0.2) is 42.6 Å². The van der Waals surface area contributed by atoms with Gasteiger partial charge in [0, 0.05) is 38.9 Å². The molecule has 1 aliphatic heterocycles. The third-order valence-electron chi connectivity index (χ3n) is 4.53. The Bertz CT molecular complexity index is 736. The van der Waals surface area contributed by atoms with E-state index in [1.54, 1.807) is 12.3 Å². The molecule has 0 aliphatic carbocycles. The molecule has 8 heteroatoms. The molecule has 1 saturated heterocycles. The predicted molar refractivity (Wildman–Crippen MR) is 108 cm³/mol. The van der Waals surface area contributed by atoms with Gasteiger partial charge in [-0.2, -0.15) is 5.10 Å². The lowest BCUT2D eigenvalue weighted by molar-refractivity contribution is 0.150. The Morgan fingerprint density at radius 3 is 2.71 bits per heavy atom. The topological polar surface area (TPSA) is 79.8 Å². The molecule has 2 aromatic rings. The SMILES string of the molecule is CCOc1ccccc1NC(=O)OCCCN1CCN(c2cccnn2)CC1. The quantitative estimate of drug-likeness (QED) is 0.700. The number of benzene rings is 1. The molecule has 1 aliphatic rings. The second-order valence-corrected chi connectivity index (χ2v) is 6.45. The maximum Gasteiger partial charge on any atom is 0.411 e. The van der Waals surface area contributed by atoms with Crippen LogP contribution in [0.3, 0.4) is 0 Å². The number of nitrogens with zero attached hydrogens (tertiary/aromatic N) is 4. The van der Waals surface area contributed by atoms with Gasteiger partial charge in [-0.1, -0.05) is 12.1 Å². The maximum absolute atomic E-state index is 12.0. The van der Waals surface area contributed by atoms with Crippen molar-refractivity contribution in [2.24, 2.45) is 0 Å². The number of carbonyl (C=O) groups is 1. The van der Waals surface area contributed by atoms with Crippen LogP contribution in [0.1, 0.15) is 13.3 Å². The van der Waals surface area contributed by atoms with Crippen LogP contribution >= 0.6 is 0 Å². The Balaban J connectivity index is 1.32. The van der Waals surface area contributed by atoms with E-state index in [0.717, 1.165) is 45.0 Å². The second kappa shape index (κ2) is 10.5. The summed E-state index contributed by atoms with van der Waals surface area (Å²) in [5, 5.41) is 10.8. The number of ether oxygens (including phenoxy) is 2. The Morgan fingerprint density at radius 2 is 1.96 bits per heavy atom. The molecule has 1 aromatic carbocycles. The number of piperazine rings is 1. The highest BCUT2D eigenvalue weighted by molar-refractivity contribution is 5.86.